The average molecular weight is 361 g/mol. The zero-order valence-electron chi connectivity index (χ0n) is 18.1. The summed E-state index contributed by atoms with van der Waals surface area (Å²) in [6.07, 6.45) is 27.7. The minimum Gasteiger partial charge on any atom is -0.103 e. The van der Waals surface area contributed by atoms with Gasteiger partial charge in [-0.1, -0.05) is 123 Å². The van der Waals surface area contributed by atoms with Crippen LogP contribution in [0.2, 0.25) is 0 Å². The Kier molecular flexibility index (Phi) is 22.2. The number of hydrogen-bond donors (Lipinski definition) is 0. The highest BCUT2D eigenvalue weighted by Crippen LogP contribution is 2.22. The first kappa shape index (κ1) is 25.6. The predicted molar refractivity (Wildman–Crippen MR) is 120 cm³/mol. The van der Waals surface area contributed by atoms with Gasteiger partial charge in [0.2, 0.25) is 0 Å². The van der Waals surface area contributed by atoms with Crippen molar-refractivity contribution in [2.45, 2.75) is 135 Å². The van der Waals surface area contributed by atoms with Gasteiger partial charge in [-0.15, -0.1) is 11.8 Å². The second-order valence-corrected chi connectivity index (χ2v) is 8.14. The van der Waals surface area contributed by atoms with E-state index in [0.29, 0.717) is 0 Å². The van der Waals surface area contributed by atoms with Crippen molar-refractivity contribution in [1.82, 2.24) is 0 Å². The molecule has 0 heteroatoms. The molecule has 26 heavy (non-hydrogen) atoms. The van der Waals surface area contributed by atoms with Gasteiger partial charge in [-0.25, -0.2) is 0 Å². The van der Waals surface area contributed by atoms with Gasteiger partial charge in [-0.2, -0.15) is 0 Å². The minimum atomic E-state index is 0.945. The second-order valence-electron chi connectivity index (χ2n) is 8.14. The molecule has 0 amide bonds. The van der Waals surface area contributed by atoms with Gasteiger partial charge in [-0.3, -0.25) is 0 Å². The summed E-state index contributed by atoms with van der Waals surface area (Å²) in [4.78, 5) is 0. The third-order valence-electron chi connectivity index (χ3n) is 5.60. The molecule has 0 fully saturated rings. The van der Waals surface area contributed by atoms with Crippen LogP contribution >= 0.6 is 0 Å². The molecular weight excluding hydrogens is 312 g/mol. The lowest BCUT2D eigenvalue weighted by atomic mass is 9.91. The molecule has 1 atom stereocenters. The summed E-state index contributed by atoms with van der Waals surface area (Å²) in [5.74, 6) is 6.82. The van der Waals surface area contributed by atoms with Gasteiger partial charge in [0.1, 0.15) is 0 Å². The topological polar surface area (TPSA) is 0 Å². The highest BCUT2D eigenvalue weighted by Gasteiger charge is 2.07. The van der Waals surface area contributed by atoms with Gasteiger partial charge < -0.3 is 0 Å². The van der Waals surface area contributed by atoms with E-state index in [2.05, 4.69) is 32.6 Å². The summed E-state index contributed by atoms with van der Waals surface area (Å²) in [7, 11) is 0. The van der Waals surface area contributed by atoms with Crippen LogP contribution in [0.4, 0.5) is 0 Å². The van der Waals surface area contributed by atoms with Gasteiger partial charge in [0, 0.05) is 13.3 Å². The molecule has 0 aromatic carbocycles. The maximum absolute atomic E-state index is 3.91. The molecule has 0 aliphatic rings. The fourth-order valence-electron chi connectivity index (χ4n) is 3.96. The van der Waals surface area contributed by atoms with Crippen molar-refractivity contribution in [1.29, 1.82) is 0 Å². The Morgan fingerprint density at radius 2 is 1.08 bits per heavy atom. The normalized spacial score (nSPS) is 12.0. The Hall–Kier alpha value is -0.440. The van der Waals surface area contributed by atoms with Gasteiger partial charge in [0.05, 0.1) is 0 Å². The Labute approximate surface area is 167 Å². The van der Waals surface area contributed by atoms with Gasteiger partial charge in [0.15, 0.2) is 0 Å². The monoisotopic (exact) mass is 360 g/mol. The van der Waals surface area contributed by atoms with E-state index in [9.17, 15) is 0 Å². The summed E-state index contributed by atoms with van der Waals surface area (Å²) >= 11 is 0. The van der Waals surface area contributed by atoms with Crippen molar-refractivity contribution in [3.63, 3.8) is 0 Å². The lowest BCUT2D eigenvalue weighted by Crippen LogP contribution is -2.00. The molecule has 0 aromatic heterocycles. The van der Waals surface area contributed by atoms with Crippen LogP contribution in [-0.2, 0) is 0 Å². The minimum absolute atomic E-state index is 0.945. The average Bonchev–Trinajstić information content (AvgIpc) is 2.65. The van der Waals surface area contributed by atoms with Crippen molar-refractivity contribution in [3.8, 4) is 11.8 Å². The molecule has 0 saturated carbocycles. The molecule has 0 N–H and O–H groups in total. The molecule has 0 saturated heterocycles. The Balaban J connectivity index is 3.32. The van der Waals surface area contributed by atoms with Crippen LogP contribution in [0.5, 0.6) is 0 Å². The molecule has 0 nitrogen and oxygen atoms in total. The number of rotatable bonds is 20. The van der Waals surface area contributed by atoms with E-state index < -0.39 is 0 Å². The molecular formula is C26H48. The quantitative estimate of drug-likeness (QED) is 0.150. The van der Waals surface area contributed by atoms with E-state index in [0.717, 1.165) is 18.8 Å². The van der Waals surface area contributed by atoms with E-state index in [4.69, 9.17) is 0 Å². The fraction of sp³-hybridized carbons (Fsp3) is 0.846. The summed E-state index contributed by atoms with van der Waals surface area (Å²) < 4.78 is 0. The van der Waals surface area contributed by atoms with Crippen LogP contribution in [0.25, 0.3) is 0 Å². The molecule has 0 aromatic rings. The van der Waals surface area contributed by atoms with E-state index in [1.54, 1.807) is 0 Å². The van der Waals surface area contributed by atoms with Crippen molar-refractivity contribution >= 4 is 0 Å². The van der Waals surface area contributed by atoms with E-state index >= 15 is 0 Å². The second kappa shape index (κ2) is 22.6. The SMILES string of the molecule is [CH2]C#CCCCC(CCC)CCCCCCCCCCCCCCC[CH2]. The van der Waals surface area contributed by atoms with Crippen LogP contribution in [0.15, 0.2) is 0 Å². The Morgan fingerprint density at radius 1 is 0.615 bits per heavy atom. The largest absolute Gasteiger partial charge is 0.103 e. The van der Waals surface area contributed by atoms with E-state index in [1.165, 1.54) is 116 Å². The lowest BCUT2D eigenvalue weighted by Gasteiger charge is -2.15. The molecule has 2 radical (unpaired) electrons. The summed E-state index contributed by atoms with van der Waals surface area (Å²) in [6.45, 7) is 9.83. The third kappa shape index (κ3) is 19.9. The maximum atomic E-state index is 3.91. The summed E-state index contributed by atoms with van der Waals surface area (Å²) in [5.41, 5.74) is 0. The standard InChI is InChI=1S/C26H48/c1-4-7-9-11-12-13-14-15-16-17-18-19-20-22-25-26(23-6-3)24-21-10-8-5-2/h26H,1-2,4,6-7,9-25H2,3H3. The molecule has 0 spiro atoms. The van der Waals surface area contributed by atoms with Crippen LogP contribution in [0.1, 0.15) is 135 Å². The fourth-order valence-corrected chi connectivity index (χ4v) is 3.96. The zero-order valence-corrected chi connectivity index (χ0v) is 18.1. The lowest BCUT2D eigenvalue weighted by molar-refractivity contribution is 0.386. The number of hydrogen-bond acceptors (Lipinski definition) is 0. The van der Waals surface area contributed by atoms with Gasteiger partial charge in [-0.05, 0) is 18.8 Å². The van der Waals surface area contributed by atoms with Crippen molar-refractivity contribution < 1.29 is 0 Å². The van der Waals surface area contributed by atoms with Crippen molar-refractivity contribution in [2.24, 2.45) is 5.92 Å². The highest BCUT2D eigenvalue weighted by atomic mass is 14.1. The van der Waals surface area contributed by atoms with Crippen molar-refractivity contribution in [2.75, 3.05) is 0 Å². The van der Waals surface area contributed by atoms with Crippen LogP contribution < -0.4 is 0 Å². The molecule has 152 valence electrons. The summed E-state index contributed by atoms with van der Waals surface area (Å²) in [6, 6.07) is 0. The van der Waals surface area contributed by atoms with Crippen LogP contribution in [0.3, 0.4) is 0 Å². The summed E-state index contributed by atoms with van der Waals surface area (Å²) in [5, 5.41) is 0. The first-order valence-corrected chi connectivity index (χ1v) is 11.9. The molecule has 0 bridgehead atoms. The van der Waals surface area contributed by atoms with Gasteiger partial charge in [0.25, 0.3) is 0 Å². The van der Waals surface area contributed by atoms with E-state index in [1.807, 2.05) is 0 Å². The smallest absolute Gasteiger partial charge is 0.0198 e. The molecule has 0 aliphatic heterocycles. The van der Waals surface area contributed by atoms with Crippen LogP contribution in [-0.4, -0.2) is 0 Å². The van der Waals surface area contributed by atoms with E-state index in [-0.39, 0.29) is 0 Å². The van der Waals surface area contributed by atoms with Crippen molar-refractivity contribution in [3.05, 3.63) is 13.8 Å². The molecule has 0 aliphatic carbocycles. The molecule has 1 unspecified atom stereocenters. The highest BCUT2D eigenvalue weighted by molar-refractivity contribution is 5.00. The first-order chi connectivity index (χ1) is 12.8. The zero-order chi connectivity index (χ0) is 19.1. The Morgan fingerprint density at radius 3 is 1.54 bits per heavy atom. The van der Waals surface area contributed by atoms with Gasteiger partial charge >= 0.3 is 0 Å². The predicted octanol–water partition coefficient (Wildman–Crippen LogP) is 9.10. The number of unbranched alkanes of at least 4 members (excludes halogenated alkanes) is 14. The Bertz CT molecular complexity index is 306. The molecule has 0 heterocycles. The first-order valence-electron chi connectivity index (χ1n) is 11.9. The molecule has 0 rings (SSSR count). The van der Waals surface area contributed by atoms with Crippen LogP contribution in [0, 0.1) is 31.6 Å². The third-order valence-corrected chi connectivity index (χ3v) is 5.60. The maximum Gasteiger partial charge on any atom is 0.0198 e.